The van der Waals surface area contributed by atoms with Crippen molar-refractivity contribution in [1.29, 1.82) is 0 Å². The number of hydrogen-bond acceptors (Lipinski definition) is 4. The number of carbonyl (C=O) groups is 2. The van der Waals surface area contributed by atoms with Crippen LogP contribution in [0, 0.1) is 5.41 Å². The second-order valence-electron chi connectivity index (χ2n) is 9.09. The Morgan fingerprint density at radius 3 is 2.69 bits per heavy atom. The molecule has 1 atom stereocenters. The van der Waals surface area contributed by atoms with Gasteiger partial charge in [-0.2, -0.15) is 5.10 Å². The first kappa shape index (κ1) is 20.5. The molecule has 1 aliphatic heterocycles. The van der Waals surface area contributed by atoms with Crippen molar-refractivity contribution in [3.8, 4) is 0 Å². The van der Waals surface area contributed by atoms with E-state index in [0.717, 1.165) is 11.3 Å². The fourth-order valence-corrected chi connectivity index (χ4v) is 4.78. The predicted molar refractivity (Wildman–Crippen MR) is 125 cm³/mol. The maximum absolute atomic E-state index is 13.3. The molecule has 32 heavy (non-hydrogen) atoms. The number of fused-ring (bicyclic) bond motifs is 1. The van der Waals surface area contributed by atoms with Gasteiger partial charge in [0.25, 0.3) is 5.91 Å². The number of halogens is 1. The molecule has 2 heterocycles. The molecule has 1 aliphatic carbocycles. The minimum atomic E-state index is -0.443. The van der Waals surface area contributed by atoms with Gasteiger partial charge in [-0.25, -0.2) is 4.68 Å². The number of carbonyl (C=O) groups excluding carboxylic acids is 2. The van der Waals surface area contributed by atoms with E-state index in [2.05, 4.69) is 29.6 Å². The Labute approximate surface area is 191 Å². The van der Waals surface area contributed by atoms with Crippen LogP contribution in [0.4, 0.5) is 11.5 Å². The van der Waals surface area contributed by atoms with Crippen molar-refractivity contribution in [2.24, 2.45) is 5.41 Å². The van der Waals surface area contributed by atoms with Crippen LogP contribution in [0.15, 0.2) is 72.1 Å². The van der Waals surface area contributed by atoms with Crippen molar-refractivity contribution in [3.63, 3.8) is 0 Å². The number of allylic oxidation sites excluding steroid dienone is 2. The van der Waals surface area contributed by atoms with Gasteiger partial charge in [-0.15, -0.1) is 0 Å². The smallest absolute Gasteiger partial charge is 0.261 e. The van der Waals surface area contributed by atoms with Gasteiger partial charge in [0.15, 0.2) is 5.78 Å². The summed E-state index contributed by atoms with van der Waals surface area (Å²) in [4.78, 5) is 26.3. The van der Waals surface area contributed by atoms with Gasteiger partial charge < -0.3 is 10.6 Å². The monoisotopic (exact) mass is 446 g/mol. The van der Waals surface area contributed by atoms with Gasteiger partial charge in [0.2, 0.25) is 0 Å². The predicted octanol–water partition coefficient (Wildman–Crippen LogP) is 5.45. The molecule has 0 radical (unpaired) electrons. The van der Waals surface area contributed by atoms with E-state index in [0.29, 0.717) is 40.5 Å². The highest BCUT2D eigenvalue weighted by Gasteiger charge is 2.42. The second kappa shape index (κ2) is 7.64. The maximum Gasteiger partial charge on any atom is 0.261 e. The standard InChI is InChI=1S/C25H23ClN4O2/c1-25(2)12-19-21(20(31)13-25)22(15-7-6-8-16(26)11-15)30-23(29-19)18(14-27-30)24(32)28-17-9-4-3-5-10-17/h3-11,14,22,29H,12-13H2,1-2H3,(H,28,32)/t22-/m1/s1. The number of aromatic nitrogens is 2. The van der Waals surface area contributed by atoms with Crippen molar-refractivity contribution in [3.05, 3.63) is 88.2 Å². The maximum atomic E-state index is 13.3. The highest BCUT2D eigenvalue weighted by Crippen LogP contribution is 2.46. The molecule has 0 spiro atoms. The number of ketones is 1. The molecule has 162 valence electrons. The Morgan fingerprint density at radius 2 is 1.94 bits per heavy atom. The zero-order chi connectivity index (χ0) is 22.5. The van der Waals surface area contributed by atoms with E-state index < -0.39 is 6.04 Å². The minimum absolute atomic E-state index is 0.0881. The van der Waals surface area contributed by atoms with Crippen LogP contribution in [0.5, 0.6) is 0 Å². The third-order valence-corrected chi connectivity index (χ3v) is 6.18. The number of nitrogens with one attached hydrogen (secondary N) is 2. The average molecular weight is 447 g/mol. The molecule has 2 aliphatic rings. The highest BCUT2D eigenvalue weighted by atomic mass is 35.5. The molecule has 0 unspecified atom stereocenters. The number of anilines is 2. The van der Waals surface area contributed by atoms with Crippen LogP contribution in [0.1, 0.15) is 48.7 Å². The number of amides is 1. The zero-order valence-electron chi connectivity index (χ0n) is 17.9. The lowest BCUT2D eigenvalue weighted by Gasteiger charge is -2.39. The molecule has 1 amide bonds. The molecule has 0 bridgehead atoms. The van der Waals surface area contributed by atoms with Crippen LogP contribution in [0.2, 0.25) is 5.02 Å². The normalized spacial score (nSPS) is 19.1. The van der Waals surface area contributed by atoms with Crippen molar-refractivity contribution >= 4 is 34.8 Å². The number of para-hydroxylation sites is 1. The van der Waals surface area contributed by atoms with Gasteiger partial charge in [0, 0.05) is 28.4 Å². The molecular weight excluding hydrogens is 424 g/mol. The fourth-order valence-electron chi connectivity index (χ4n) is 4.58. The molecule has 0 saturated carbocycles. The van der Waals surface area contributed by atoms with Crippen LogP contribution in [0.25, 0.3) is 0 Å². The first-order valence-electron chi connectivity index (χ1n) is 10.5. The molecule has 2 aromatic carbocycles. The first-order valence-corrected chi connectivity index (χ1v) is 10.9. The topological polar surface area (TPSA) is 76.0 Å². The lowest BCUT2D eigenvalue weighted by atomic mass is 9.73. The molecule has 2 N–H and O–H groups in total. The van der Waals surface area contributed by atoms with Gasteiger partial charge in [-0.1, -0.05) is 55.8 Å². The summed E-state index contributed by atoms with van der Waals surface area (Å²) in [6.07, 6.45) is 2.71. The molecule has 6 nitrogen and oxygen atoms in total. The van der Waals surface area contributed by atoms with Crippen LogP contribution in [-0.2, 0) is 4.79 Å². The van der Waals surface area contributed by atoms with Crippen molar-refractivity contribution in [1.82, 2.24) is 9.78 Å². The summed E-state index contributed by atoms with van der Waals surface area (Å²) in [5, 5.41) is 11.4. The summed E-state index contributed by atoms with van der Waals surface area (Å²) in [6.45, 7) is 4.17. The van der Waals surface area contributed by atoms with Crippen LogP contribution < -0.4 is 10.6 Å². The number of benzene rings is 2. The SMILES string of the molecule is CC1(C)CC(=O)C2=C(C1)Nc1c(C(=O)Nc3ccccc3)cnn1[C@@H]2c1cccc(Cl)c1. The van der Waals surface area contributed by atoms with Crippen LogP contribution in [0.3, 0.4) is 0 Å². The Morgan fingerprint density at radius 1 is 1.16 bits per heavy atom. The second-order valence-corrected chi connectivity index (χ2v) is 9.52. The van der Waals surface area contributed by atoms with Gasteiger partial charge in [-0.05, 0) is 41.7 Å². The van der Waals surface area contributed by atoms with E-state index in [1.165, 1.54) is 0 Å². The Hall–Kier alpha value is -3.38. The van der Waals surface area contributed by atoms with Gasteiger partial charge in [-0.3, -0.25) is 9.59 Å². The average Bonchev–Trinajstić information content (AvgIpc) is 3.15. The third kappa shape index (κ3) is 3.60. The highest BCUT2D eigenvalue weighted by molar-refractivity contribution is 6.30. The zero-order valence-corrected chi connectivity index (χ0v) is 18.6. The third-order valence-electron chi connectivity index (χ3n) is 5.94. The number of rotatable bonds is 3. The summed E-state index contributed by atoms with van der Waals surface area (Å²) in [5.74, 6) is 0.401. The summed E-state index contributed by atoms with van der Waals surface area (Å²) >= 11 is 6.28. The van der Waals surface area contributed by atoms with Gasteiger partial charge >= 0.3 is 0 Å². The first-order chi connectivity index (χ1) is 15.3. The minimum Gasteiger partial charge on any atom is -0.343 e. The molecule has 1 aromatic heterocycles. The number of nitrogens with zero attached hydrogens (tertiary/aromatic N) is 2. The quantitative estimate of drug-likeness (QED) is 0.561. The number of hydrogen-bond donors (Lipinski definition) is 2. The van der Waals surface area contributed by atoms with E-state index in [9.17, 15) is 9.59 Å². The lowest BCUT2D eigenvalue weighted by Crippen LogP contribution is -2.37. The molecule has 0 saturated heterocycles. The molecule has 7 heteroatoms. The summed E-state index contributed by atoms with van der Waals surface area (Å²) in [5.41, 5.74) is 3.35. The largest absolute Gasteiger partial charge is 0.343 e. The summed E-state index contributed by atoms with van der Waals surface area (Å²) < 4.78 is 1.72. The van der Waals surface area contributed by atoms with E-state index in [1.54, 1.807) is 16.9 Å². The fraction of sp³-hybridized carbons (Fsp3) is 0.240. The van der Waals surface area contributed by atoms with Crippen LogP contribution >= 0.6 is 11.6 Å². The van der Waals surface area contributed by atoms with Crippen molar-refractivity contribution < 1.29 is 9.59 Å². The lowest BCUT2D eigenvalue weighted by molar-refractivity contribution is -0.118. The van der Waals surface area contributed by atoms with E-state index in [4.69, 9.17) is 11.6 Å². The van der Waals surface area contributed by atoms with E-state index in [1.807, 2.05) is 48.5 Å². The Kier molecular flexibility index (Phi) is 4.90. The molecular formula is C25H23ClN4O2. The van der Waals surface area contributed by atoms with E-state index >= 15 is 0 Å². The summed E-state index contributed by atoms with van der Waals surface area (Å²) in [7, 11) is 0. The number of Topliss-reactive ketones (excluding diaryl/α,β-unsaturated/α-hetero) is 1. The Bertz CT molecular complexity index is 1260. The van der Waals surface area contributed by atoms with Crippen molar-refractivity contribution in [2.75, 3.05) is 10.6 Å². The van der Waals surface area contributed by atoms with E-state index in [-0.39, 0.29) is 17.1 Å². The molecule has 5 rings (SSSR count). The molecule has 3 aromatic rings. The summed E-state index contributed by atoms with van der Waals surface area (Å²) in [6, 6.07) is 16.3. The van der Waals surface area contributed by atoms with Gasteiger partial charge in [0.1, 0.15) is 17.4 Å². The van der Waals surface area contributed by atoms with Gasteiger partial charge in [0.05, 0.1) is 6.20 Å². The van der Waals surface area contributed by atoms with Crippen molar-refractivity contribution in [2.45, 2.75) is 32.7 Å². The molecule has 0 fully saturated rings. The van der Waals surface area contributed by atoms with Crippen LogP contribution in [-0.4, -0.2) is 21.5 Å². The Balaban J connectivity index is 1.61.